The highest BCUT2D eigenvalue weighted by Crippen LogP contribution is 2.30. The Bertz CT molecular complexity index is 1350. The van der Waals surface area contributed by atoms with E-state index in [9.17, 15) is 29.3 Å². The fourth-order valence-corrected chi connectivity index (χ4v) is 3.33. The molecule has 0 saturated carbocycles. The number of H-pyrrole nitrogens is 1. The van der Waals surface area contributed by atoms with Crippen molar-refractivity contribution in [3.05, 3.63) is 78.8 Å². The number of nitro benzene ring substituents is 1. The fraction of sp³-hybridized carbons (Fsp3) is 0.105. The van der Waals surface area contributed by atoms with Gasteiger partial charge in [-0.25, -0.2) is 4.98 Å². The van der Waals surface area contributed by atoms with Gasteiger partial charge >= 0.3 is 5.97 Å². The van der Waals surface area contributed by atoms with Crippen LogP contribution in [0.5, 0.6) is 0 Å². The smallest absolute Gasteiger partial charge is 0.326 e. The third-order valence-corrected chi connectivity index (χ3v) is 4.78. The number of amides is 2. The molecule has 4 rings (SSSR count). The van der Waals surface area contributed by atoms with Gasteiger partial charge in [0, 0.05) is 11.1 Å². The van der Waals surface area contributed by atoms with Crippen LogP contribution in [-0.2, 0) is 16.1 Å². The van der Waals surface area contributed by atoms with Crippen LogP contribution in [0.25, 0.3) is 10.9 Å². The Balaban J connectivity index is 1.49. The number of hydrogen-bond acceptors (Lipinski definition) is 8. The number of esters is 1. The minimum absolute atomic E-state index is 0.0334. The number of aromatic nitrogens is 2. The Morgan fingerprint density at radius 2 is 1.97 bits per heavy atom. The molecule has 1 aliphatic heterocycles. The van der Waals surface area contributed by atoms with Crippen LogP contribution in [-0.4, -0.2) is 44.1 Å². The normalized spacial score (nSPS) is 12.9. The molecule has 11 nitrogen and oxygen atoms in total. The summed E-state index contributed by atoms with van der Waals surface area (Å²) in [5, 5.41) is 11.8. The maximum absolute atomic E-state index is 12.5. The molecule has 1 aromatic heterocycles. The third-order valence-electron chi connectivity index (χ3n) is 4.55. The van der Waals surface area contributed by atoms with E-state index in [-0.39, 0.29) is 17.0 Å². The molecule has 31 heavy (non-hydrogen) atoms. The summed E-state index contributed by atoms with van der Waals surface area (Å²) in [7, 11) is 0. The zero-order chi connectivity index (χ0) is 22.3. The van der Waals surface area contributed by atoms with E-state index >= 15 is 0 Å². The van der Waals surface area contributed by atoms with Crippen LogP contribution in [0.2, 0.25) is 5.02 Å². The van der Waals surface area contributed by atoms with Crippen LogP contribution in [0.4, 0.5) is 5.69 Å². The average molecular weight is 443 g/mol. The first-order chi connectivity index (χ1) is 14.8. The monoisotopic (exact) mass is 442 g/mol. The van der Waals surface area contributed by atoms with Crippen molar-refractivity contribution in [2.45, 2.75) is 6.61 Å². The lowest BCUT2D eigenvalue weighted by atomic mass is 10.1. The van der Waals surface area contributed by atoms with Crippen LogP contribution >= 0.6 is 11.6 Å². The number of fused-ring (bicyclic) bond motifs is 2. The summed E-state index contributed by atoms with van der Waals surface area (Å²) < 4.78 is 5.01. The quantitative estimate of drug-likeness (QED) is 0.272. The summed E-state index contributed by atoms with van der Waals surface area (Å²) in [6.07, 6.45) is 0. The minimum Gasteiger partial charge on any atom is -0.456 e. The highest BCUT2D eigenvalue weighted by Gasteiger charge is 2.41. The molecule has 1 N–H and O–H groups in total. The molecule has 0 spiro atoms. The van der Waals surface area contributed by atoms with Gasteiger partial charge in [-0.2, -0.15) is 0 Å². The van der Waals surface area contributed by atoms with Gasteiger partial charge in [-0.15, -0.1) is 0 Å². The Labute approximate surface area is 177 Å². The van der Waals surface area contributed by atoms with Gasteiger partial charge in [0.15, 0.2) is 0 Å². The van der Waals surface area contributed by atoms with Gasteiger partial charge < -0.3 is 9.72 Å². The van der Waals surface area contributed by atoms with E-state index in [0.717, 1.165) is 6.07 Å². The molecule has 0 fully saturated rings. The number of halogens is 1. The van der Waals surface area contributed by atoms with E-state index in [1.807, 2.05) is 0 Å². The first kappa shape index (κ1) is 20.2. The van der Waals surface area contributed by atoms with E-state index < -0.39 is 47.1 Å². The predicted molar refractivity (Wildman–Crippen MR) is 106 cm³/mol. The third kappa shape index (κ3) is 3.62. The predicted octanol–water partition coefficient (Wildman–Crippen LogP) is 1.82. The zero-order valence-electron chi connectivity index (χ0n) is 15.5. The number of nitro groups is 1. The molecule has 0 atom stereocenters. The van der Waals surface area contributed by atoms with Crippen LogP contribution in [0, 0.1) is 10.1 Å². The van der Waals surface area contributed by atoms with Crippen LogP contribution < -0.4 is 5.56 Å². The molecule has 1 aliphatic rings. The molecule has 0 saturated heterocycles. The molecule has 0 unspecified atom stereocenters. The molecular formula is C19H11ClN4O7. The van der Waals surface area contributed by atoms with E-state index in [1.165, 1.54) is 30.3 Å². The number of nitrogens with one attached hydrogen (secondary N) is 1. The molecule has 0 aliphatic carbocycles. The number of rotatable bonds is 5. The number of hydrogen-bond donors (Lipinski definition) is 1. The summed E-state index contributed by atoms with van der Waals surface area (Å²) in [6, 6.07) is 8.15. The lowest BCUT2D eigenvalue weighted by Gasteiger charge is -2.12. The Hall–Kier alpha value is -4.12. The second-order valence-corrected chi connectivity index (χ2v) is 6.92. The van der Waals surface area contributed by atoms with Crippen molar-refractivity contribution < 1.29 is 24.0 Å². The highest BCUT2D eigenvalue weighted by atomic mass is 35.5. The number of nitrogens with zero attached hydrogens (tertiary/aromatic N) is 3. The van der Waals surface area contributed by atoms with Crippen molar-refractivity contribution in [2.24, 2.45) is 0 Å². The lowest BCUT2D eigenvalue weighted by Crippen LogP contribution is -2.35. The topological polar surface area (TPSA) is 153 Å². The standard InChI is InChI=1S/C19H11ClN4O7/c20-9-4-5-10-12(6-9)21-14(22-17(10)26)8-31-15(25)7-23-18(27)11-2-1-3-13(24(29)30)16(11)19(23)28/h1-6H,7-8H2,(H,21,22,26). The van der Waals surface area contributed by atoms with Gasteiger partial charge in [0.1, 0.15) is 24.5 Å². The van der Waals surface area contributed by atoms with Gasteiger partial charge in [-0.05, 0) is 24.3 Å². The van der Waals surface area contributed by atoms with Crippen molar-refractivity contribution in [3.8, 4) is 0 Å². The van der Waals surface area contributed by atoms with E-state index in [1.54, 1.807) is 0 Å². The molecule has 0 radical (unpaired) electrons. The van der Waals surface area contributed by atoms with Gasteiger partial charge in [0.2, 0.25) is 0 Å². The summed E-state index contributed by atoms with van der Waals surface area (Å²) in [5.41, 5.74) is -1.22. The molecule has 156 valence electrons. The van der Waals surface area contributed by atoms with Gasteiger partial charge in [-0.1, -0.05) is 17.7 Å². The molecule has 2 aromatic carbocycles. The molecule has 2 heterocycles. The summed E-state index contributed by atoms with van der Waals surface area (Å²) in [6.45, 7) is -1.19. The fourth-order valence-electron chi connectivity index (χ4n) is 3.16. The summed E-state index contributed by atoms with van der Waals surface area (Å²) >= 11 is 5.89. The van der Waals surface area contributed by atoms with Crippen LogP contribution in [0.3, 0.4) is 0 Å². The van der Waals surface area contributed by atoms with Crippen LogP contribution in [0.1, 0.15) is 26.5 Å². The second kappa shape index (κ2) is 7.61. The number of carbonyl (C=O) groups excluding carboxylic acids is 3. The average Bonchev–Trinajstić information content (AvgIpc) is 2.96. The molecular weight excluding hydrogens is 432 g/mol. The van der Waals surface area contributed by atoms with Gasteiger partial charge in [-0.3, -0.25) is 34.2 Å². The minimum atomic E-state index is -0.967. The lowest BCUT2D eigenvalue weighted by molar-refractivity contribution is -0.385. The van der Waals surface area contributed by atoms with Gasteiger partial charge in [0.25, 0.3) is 23.1 Å². The highest BCUT2D eigenvalue weighted by molar-refractivity contribution is 6.31. The Morgan fingerprint density at radius 1 is 1.19 bits per heavy atom. The van der Waals surface area contributed by atoms with Crippen molar-refractivity contribution in [2.75, 3.05) is 6.54 Å². The molecule has 2 amide bonds. The number of benzene rings is 2. The zero-order valence-corrected chi connectivity index (χ0v) is 16.2. The first-order valence-electron chi connectivity index (χ1n) is 8.74. The van der Waals surface area contributed by atoms with Crippen LogP contribution in [0.15, 0.2) is 41.2 Å². The van der Waals surface area contributed by atoms with E-state index in [4.69, 9.17) is 16.3 Å². The Morgan fingerprint density at radius 3 is 2.71 bits per heavy atom. The van der Waals surface area contributed by atoms with Gasteiger partial charge in [0.05, 0.1) is 21.4 Å². The van der Waals surface area contributed by atoms with E-state index in [2.05, 4.69) is 9.97 Å². The van der Waals surface area contributed by atoms with E-state index in [0.29, 0.717) is 20.8 Å². The Kier molecular flexibility index (Phi) is 4.95. The SMILES string of the molecule is O=C(CN1C(=O)c2cccc([N+](=O)[O-])c2C1=O)OCc1nc2cc(Cl)ccc2c(=O)[nH]1. The maximum Gasteiger partial charge on any atom is 0.326 e. The summed E-state index contributed by atoms with van der Waals surface area (Å²) in [5.74, 6) is -2.74. The number of imide groups is 1. The summed E-state index contributed by atoms with van der Waals surface area (Å²) in [4.78, 5) is 66.7. The first-order valence-corrected chi connectivity index (χ1v) is 9.11. The molecule has 3 aromatic rings. The molecule has 12 heteroatoms. The number of carbonyl (C=O) groups is 3. The van der Waals surface area contributed by atoms with Crippen molar-refractivity contribution in [1.29, 1.82) is 0 Å². The van der Waals surface area contributed by atoms with Crippen molar-refractivity contribution in [3.63, 3.8) is 0 Å². The largest absolute Gasteiger partial charge is 0.456 e. The van der Waals surface area contributed by atoms with Crippen molar-refractivity contribution >= 4 is 46.0 Å². The second-order valence-electron chi connectivity index (χ2n) is 6.49. The maximum atomic E-state index is 12.5. The number of aromatic amines is 1. The number of ether oxygens (including phenoxy) is 1. The molecule has 0 bridgehead atoms. The van der Waals surface area contributed by atoms with Crippen molar-refractivity contribution in [1.82, 2.24) is 14.9 Å².